The standard InChI is InChI=1S/C25H38O4/c1-16(2)8-6-12-24(4)13-7-9-20-19(24)11-10-17(3)25(20,5)15-21(26)18-14-22(27)29-23(18)28/h9,14,17,19,21,23,26,28H,1,6-8,10-13,15H2,2-5H3. The Morgan fingerprint density at radius 3 is 2.72 bits per heavy atom. The lowest BCUT2D eigenvalue weighted by atomic mass is 9.50. The molecule has 0 aromatic rings. The van der Waals surface area contributed by atoms with Gasteiger partial charge in [-0.3, -0.25) is 0 Å². The smallest absolute Gasteiger partial charge is 0.333 e. The van der Waals surface area contributed by atoms with Gasteiger partial charge >= 0.3 is 5.97 Å². The summed E-state index contributed by atoms with van der Waals surface area (Å²) in [6.07, 6.45) is 10.1. The largest absolute Gasteiger partial charge is 0.429 e. The molecule has 1 saturated carbocycles. The van der Waals surface area contributed by atoms with Crippen LogP contribution in [0.15, 0.2) is 35.5 Å². The van der Waals surface area contributed by atoms with Crippen molar-refractivity contribution in [2.75, 3.05) is 0 Å². The van der Waals surface area contributed by atoms with Gasteiger partial charge in [0.1, 0.15) is 0 Å². The molecular formula is C25H38O4. The van der Waals surface area contributed by atoms with Gasteiger partial charge in [-0.15, -0.1) is 6.58 Å². The van der Waals surface area contributed by atoms with Crippen LogP contribution < -0.4 is 0 Å². The Labute approximate surface area is 175 Å². The number of ether oxygens (including phenoxy) is 1. The number of hydrogen-bond donors (Lipinski definition) is 2. The van der Waals surface area contributed by atoms with E-state index in [1.807, 2.05) is 0 Å². The molecule has 3 aliphatic rings. The average Bonchev–Trinajstić information content (AvgIpc) is 2.97. The third-order valence-corrected chi connectivity index (χ3v) is 8.08. The maximum absolute atomic E-state index is 11.5. The van der Waals surface area contributed by atoms with Gasteiger partial charge in [0.15, 0.2) is 0 Å². The normalized spacial score (nSPS) is 38.0. The van der Waals surface area contributed by atoms with E-state index in [0.29, 0.717) is 23.8 Å². The van der Waals surface area contributed by atoms with Crippen LogP contribution in [0.4, 0.5) is 0 Å². The fourth-order valence-corrected chi connectivity index (χ4v) is 6.02. The number of fused-ring (bicyclic) bond motifs is 1. The van der Waals surface area contributed by atoms with Crippen LogP contribution in [0.25, 0.3) is 0 Å². The van der Waals surface area contributed by atoms with E-state index in [0.717, 1.165) is 19.3 Å². The molecule has 0 aromatic heterocycles. The summed E-state index contributed by atoms with van der Waals surface area (Å²) in [5, 5.41) is 20.9. The van der Waals surface area contributed by atoms with Crippen LogP contribution >= 0.6 is 0 Å². The van der Waals surface area contributed by atoms with Crippen molar-refractivity contribution < 1.29 is 19.7 Å². The van der Waals surface area contributed by atoms with Crippen LogP contribution in [-0.4, -0.2) is 28.6 Å². The monoisotopic (exact) mass is 402 g/mol. The quantitative estimate of drug-likeness (QED) is 0.461. The molecule has 0 saturated heterocycles. The molecule has 6 atom stereocenters. The second-order valence-electron chi connectivity index (χ2n) is 10.3. The minimum atomic E-state index is -1.32. The topological polar surface area (TPSA) is 66.8 Å². The van der Waals surface area contributed by atoms with E-state index in [4.69, 9.17) is 4.74 Å². The Morgan fingerprint density at radius 2 is 2.10 bits per heavy atom. The lowest BCUT2D eigenvalue weighted by Gasteiger charge is -2.54. The Balaban J connectivity index is 1.81. The summed E-state index contributed by atoms with van der Waals surface area (Å²) < 4.78 is 4.79. The van der Waals surface area contributed by atoms with E-state index < -0.39 is 18.4 Å². The van der Waals surface area contributed by atoms with Gasteiger partial charge in [-0.25, -0.2) is 4.79 Å². The number of esters is 1. The van der Waals surface area contributed by atoms with Crippen molar-refractivity contribution in [3.05, 3.63) is 35.5 Å². The maximum Gasteiger partial charge on any atom is 0.333 e. The molecule has 29 heavy (non-hydrogen) atoms. The number of carbonyl (C=O) groups excluding carboxylic acids is 1. The molecule has 0 bridgehead atoms. The maximum atomic E-state index is 11.5. The lowest BCUT2D eigenvalue weighted by Crippen LogP contribution is -2.45. The molecule has 4 heteroatoms. The zero-order valence-corrected chi connectivity index (χ0v) is 18.5. The molecule has 2 N–H and O–H groups in total. The zero-order chi connectivity index (χ0) is 21.4. The predicted molar refractivity (Wildman–Crippen MR) is 115 cm³/mol. The summed E-state index contributed by atoms with van der Waals surface area (Å²) in [6, 6.07) is 0. The number of rotatable bonds is 7. The number of aliphatic hydroxyl groups excluding tert-OH is 2. The van der Waals surface area contributed by atoms with E-state index in [1.54, 1.807) is 0 Å². The summed E-state index contributed by atoms with van der Waals surface area (Å²) in [5.74, 6) is 0.400. The summed E-state index contributed by atoms with van der Waals surface area (Å²) in [6.45, 7) is 13.2. The predicted octanol–water partition coefficient (Wildman–Crippen LogP) is 5.06. The second kappa shape index (κ2) is 8.39. The molecule has 1 heterocycles. The van der Waals surface area contributed by atoms with Gasteiger partial charge in [0.25, 0.3) is 0 Å². The van der Waals surface area contributed by atoms with Gasteiger partial charge in [0, 0.05) is 11.6 Å². The number of allylic oxidation sites excluding steroid dienone is 3. The highest BCUT2D eigenvalue weighted by Gasteiger charge is 2.50. The zero-order valence-electron chi connectivity index (χ0n) is 18.5. The minimum Gasteiger partial charge on any atom is -0.429 e. The van der Waals surface area contributed by atoms with Crippen molar-refractivity contribution in [1.29, 1.82) is 0 Å². The van der Waals surface area contributed by atoms with Crippen LogP contribution in [0.2, 0.25) is 0 Å². The van der Waals surface area contributed by atoms with Crippen LogP contribution in [0.5, 0.6) is 0 Å². The van der Waals surface area contributed by atoms with Gasteiger partial charge < -0.3 is 14.9 Å². The minimum absolute atomic E-state index is 0.148. The van der Waals surface area contributed by atoms with Crippen molar-refractivity contribution in [1.82, 2.24) is 0 Å². The summed E-state index contributed by atoms with van der Waals surface area (Å²) in [4.78, 5) is 11.5. The van der Waals surface area contributed by atoms with Gasteiger partial charge in [0.05, 0.1) is 6.10 Å². The molecule has 0 amide bonds. The number of hydrogen-bond acceptors (Lipinski definition) is 4. The summed E-state index contributed by atoms with van der Waals surface area (Å²) in [7, 11) is 0. The van der Waals surface area contributed by atoms with Gasteiger partial charge in [-0.1, -0.05) is 38.0 Å². The SMILES string of the molecule is C=C(C)CCCC1(C)CCC=C2C1CCC(C)C2(C)CC(O)C1=CC(=O)OC1O. The van der Waals surface area contributed by atoms with E-state index in [-0.39, 0.29) is 10.8 Å². The van der Waals surface area contributed by atoms with Crippen molar-refractivity contribution in [2.24, 2.45) is 22.7 Å². The summed E-state index contributed by atoms with van der Waals surface area (Å²) >= 11 is 0. The third-order valence-electron chi connectivity index (χ3n) is 8.08. The first-order valence-electron chi connectivity index (χ1n) is 11.2. The van der Waals surface area contributed by atoms with Crippen LogP contribution in [0.3, 0.4) is 0 Å². The average molecular weight is 403 g/mol. The van der Waals surface area contributed by atoms with Crippen LogP contribution in [0.1, 0.15) is 79.1 Å². The number of aliphatic hydroxyl groups is 2. The van der Waals surface area contributed by atoms with E-state index in [1.165, 1.54) is 42.9 Å². The first kappa shape index (κ1) is 22.3. The molecule has 162 valence electrons. The van der Waals surface area contributed by atoms with E-state index in [9.17, 15) is 15.0 Å². The lowest BCUT2D eigenvalue weighted by molar-refractivity contribution is -0.152. The highest BCUT2D eigenvalue weighted by atomic mass is 16.6. The molecule has 6 unspecified atom stereocenters. The molecule has 2 aliphatic carbocycles. The first-order chi connectivity index (χ1) is 13.6. The van der Waals surface area contributed by atoms with Gasteiger partial charge in [0.2, 0.25) is 6.29 Å². The van der Waals surface area contributed by atoms with Crippen molar-refractivity contribution in [3.8, 4) is 0 Å². The first-order valence-corrected chi connectivity index (χ1v) is 11.2. The third kappa shape index (κ3) is 4.39. The second-order valence-corrected chi connectivity index (χ2v) is 10.3. The van der Waals surface area contributed by atoms with Crippen molar-refractivity contribution in [2.45, 2.75) is 91.5 Å². The van der Waals surface area contributed by atoms with E-state index in [2.05, 4.69) is 40.3 Å². The molecule has 0 aromatic carbocycles. The highest BCUT2D eigenvalue weighted by Crippen LogP contribution is 2.59. The fourth-order valence-electron chi connectivity index (χ4n) is 6.02. The van der Waals surface area contributed by atoms with Crippen molar-refractivity contribution in [3.63, 3.8) is 0 Å². The molecule has 1 aliphatic heterocycles. The molecule has 3 rings (SSSR count). The summed E-state index contributed by atoms with van der Waals surface area (Å²) in [5.41, 5.74) is 3.18. The Hall–Kier alpha value is -1.39. The number of carbonyl (C=O) groups is 1. The van der Waals surface area contributed by atoms with Crippen LogP contribution in [-0.2, 0) is 9.53 Å². The Bertz CT molecular complexity index is 720. The van der Waals surface area contributed by atoms with Crippen LogP contribution in [0, 0.1) is 22.7 Å². The molecule has 4 nitrogen and oxygen atoms in total. The molecular weight excluding hydrogens is 364 g/mol. The fraction of sp³-hybridized carbons (Fsp3) is 0.720. The van der Waals surface area contributed by atoms with E-state index >= 15 is 0 Å². The number of cyclic esters (lactones) is 1. The molecule has 1 fully saturated rings. The Kier molecular flexibility index (Phi) is 6.45. The Morgan fingerprint density at radius 1 is 1.38 bits per heavy atom. The molecule has 0 spiro atoms. The van der Waals surface area contributed by atoms with Gasteiger partial charge in [-0.2, -0.15) is 0 Å². The van der Waals surface area contributed by atoms with Crippen molar-refractivity contribution >= 4 is 5.97 Å². The highest BCUT2D eigenvalue weighted by molar-refractivity contribution is 5.85. The van der Waals surface area contributed by atoms with Gasteiger partial charge in [-0.05, 0) is 81.0 Å². The molecule has 0 radical (unpaired) electrons.